The summed E-state index contributed by atoms with van der Waals surface area (Å²) in [6.45, 7) is 0.508. The van der Waals surface area contributed by atoms with Crippen molar-refractivity contribution in [2.45, 2.75) is 4.90 Å². The number of hydrogen-bond acceptors (Lipinski definition) is 5. The molecule has 1 aromatic carbocycles. The lowest BCUT2D eigenvalue weighted by Crippen LogP contribution is -2.51. The van der Waals surface area contributed by atoms with Gasteiger partial charge in [0.1, 0.15) is 4.90 Å². The molecule has 1 aromatic rings. The second-order valence-electron chi connectivity index (χ2n) is 4.49. The van der Waals surface area contributed by atoms with Gasteiger partial charge in [-0.2, -0.15) is 4.31 Å². The molecule has 0 saturated carbocycles. The standard InChI is InChI=1S/C11H15N3O4S/c12-9-3-8(11(13)16)1-2-10(9)19(17,18)14-4-7(5-14)6-15/h1-3,7,15H,4-6,12H2,(H2,13,16). The van der Waals surface area contributed by atoms with Gasteiger partial charge in [-0.05, 0) is 18.2 Å². The van der Waals surface area contributed by atoms with Crippen molar-refractivity contribution >= 4 is 21.6 Å². The molecule has 7 nitrogen and oxygen atoms in total. The summed E-state index contributed by atoms with van der Waals surface area (Å²) in [6.07, 6.45) is 0. The summed E-state index contributed by atoms with van der Waals surface area (Å²) in [7, 11) is -3.67. The second-order valence-corrected chi connectivity index (χ2v) is 6.39. The fraction of sp³-hybridized carbons (Fsp3) is 0.364. The van der Waals surface area contributed by atoms with E-state index in [4.69, 9.17) is 16.6 Å². The van der Waals surface area contributed by atoms with E-state index < -0.39 is 15.9 Å². The molecular weight excluding hydrogens is 270 g/mol. The van der Waals surface area contributed by atoms with Crippen LogP contribution in [0.25, 0.3) is 0 Å². The Labute approximate surface area is 110 Å². The number of sulfonamides is 1. The molecule has 1 aliphatic rings. The molecule has 8 heteroatoms. The number of carbonyl (C=O) groups excluding carboxylic acids is 1. The maximum atomic E-state index is 12.2. The zero-order valence-electron chi connectivity index (χ0n) is 10.1. The topological polar surface area (TPSA) is 127 Å². The summed E-state index contributed by atoms with van der Waals surface area (Å²) in [5.41, 5.74) is 10.9. The van der Waals surface area contributed by atoms with Crippen LogP contribution in [0.1, 0.15) is 10.4 Å². The van der Waals surface area contributed by atoms with Gasteiger partial charge >= 0.3 is 0 Å². The average molecular weight is 285 g/mol. The van der Waals surface area contributed by atoms with Crippen LogP contribution in [0.4, 0.5) is 5.69 Å². The third-order valence-corrected chi connectivity index (χ3v) is 5.00. The first-order valence-electron chi connectivity index (χ1n) is 5.66. The number of nitrogen functional groups attached to an aromatic ring is 1. The van der Waals surface area contributed by atoms with E-state index in [1.165, 1.54) is 22.5 Å². The Morgan fingerprint density at radius 3 is 2.53 bits per heavy atom. The molecule has 1 aliphatic heterocycles. The third kappa shape index (κ3) is 2.42. The first-order valence-corrected chi connectivity index (χ1v) is 7.10. The van der Waals surface area contributed by atoms with Crippen molar-refractivity contribution in [1.82, 2.24) is 4.31 Å². The average Bonchev–Trinajstić information content (AvgIpc) is 2.26. The highest BCUT2D eigenvalue weighted by Crippen LogP contribution is 2.28. The molecule has 1 amide bonds. The Morgan fingerprint density at radius 2 is 2.05 bits per heavy atom. The molecule has 0 atom stereocenters. The van der Waals surface area contributed by atoms with Gasteiger partial charge < -0.3 is 16.6 Å². The van der Waals surface area contributed by atoms with Crippen LogP contribution in [0.3, 0.4) is 0 Å². The summed E-state index contributed by atoms with van der Waals surface area (Å²) in [5.74, 6) is -0.694. The summed E-state index contributed by atoms with van der Waals surface area (Å²) in [4.78, 5) is 10.9. The van der Waals surface area contributed by atoms with Crippen molar-refractivity contribution in [1.29, 1.82) is 0 Å². The molecule has 0 spiro atoms. The number of primary amides is 1. The number of hydrogen-bond donors (Lipinski definition) is 3. The molecule has 1 saturated heterocycles. The molecule has 2 rings (SSSR count). The van der Waals surface area contributed by atoms with Crippen molar-refractivity contribution in [3.8, 4) is 0 Å². The van der Waals surface area contributed by atoms with Gasteiger partial charge in [-0.3, -0.25) is 4.79 Å². The predicted octanol–water partition coefficient (Wildman–Crippen LogP) is -1.02. The van der Waals surface area contributed by atoms with Crippen LogP contribution in [0.5, 0.6) is 0 Å². The number of benzene rings is 1. The van der Waals surface area contributed by atoms with E-state index in [9.17, 15) is 13.2 Å². The highest BCUT2D eigenvalue weighted by Gasteiger charge is 2.37. The molecule has 0 aliphatic carbocycles. The Bertz CT molecular complexity index is 608. The molecule has 0 aromatic heterocycles. The minimum atomic E-state index is -3.67. The smallest absolute Gasteiger partial charge is 0.248 e. The van der Waals surface area contributed by atoms with Gasteiger partial charge in [-0.1, -0.05) is 0 Å². The first kappa shape index (κ1) is 13.8. The van der Waals surface area contributed by atoms with E-state index in [0.717, 1.165) is 0 Å². The van der Waals surface area contributed by atoms with Crippen LogP contribution < -0.4 is 11.5 Å². The maximum Gasteiger partial charge on any atom is 0.248 e. The zero-order valence-corrected chi connectivity index (χ0v) is 10.9. The molecule has 0 bridgehead atoms. The molecule has 0 unspecified atom stereocenters. The summed E-state index contributed by atoms with van der Waals surface area (Å²) in [6, 6.07) is 3.85. The van der Waals surface area contributed by atoms with E-state index in [1.807, 2.05) is 0 Å². The third-order valence-electron chi connectivity index (χ3n) is 3.09. The quantitative estimate of drug-likeness (QED) is 0.610. The highest BCUT2D eigenvalue weighted by molar-refractivity contribution is 7.89. The normalized spacial score (nSPS) is 17.1. The van der Waals surface area contributed by atoms with E-state index >= 15 is 0 Å². The van der Waals surface area contributed by atoms with Gasteiger partial charge in [0, 0.05) is 31.2 Å². The molecule has 5 N–H and O–H groups in total. The number of aliphatic hydroxyl groups excluding tert-OH is 1. The van der Waals surface area contributed by atoms with Crippen molar-refractivity contribution in [3.63, 3.8) is 0 Å². The number of rotatable bonds is 4. The van der Waals surface area contributed by atoms with Gasteiger partial charge in [0.25, 0.3) is 0 Å². The minimum absolute atomic E-state index is 0.0104. The molecule has 19 heavy (non-hydrogen) atoms. The van der Waals surface area contributed by atoms with Crippen LogP contribution in [-0.2, 0) is 10.0 Å². The molecule has 1 heterocycles. The van der Waals surface area contributed by atoms with Crippen LogP contribution in [0.2, 0.25) is 0 Å². The Morgan fingerprint density at radius 1 is 1.42 bits per heavy atom. The monoisotopic (exact) mass is 285 g/mol. The number of nitrogens with two attached hydrogens (primary N) is 2. The number of carbonyl (C=O) groups is 1. The van der Waals surface area contributed by atoms with Crippen LogP contribution in [0.15, 0.2) is 23.1 Å². The second kappa shape index (κ2) is 4.80. The van der Waals surface area contributed by atoms with Crippen molar-refractivity contribution < 1.29 is 18.3 Å². The van der Waals surface area contributed by atoms with Gasteiger partial charge in [0.05, 0.1) is 5.69 Å². The van der Waals surface area contributed by atoms with E-state index in [-0.39, 0.29) is 41.8 Å². The predicted molar refractivity (Wildman–Crippen MR) is 68.7 cm³/mol. The number of anilines is 1. The summed E-state index contributed by atoms with van der Waals surface area (Å²) in [5, 5.41) is 8.89. The number of amides is 1. The van der Waals surface area contributed by atoms with E-state index in [1.54, 1.807) is 0 Å². The SMILES string of the molecule is NC(=O)c1ccc(S(=O)(=O)N2CC(CO)C2)c(N)c1. The van der Waals surface area contributed by atoms with Crippen LogP contribution in [0, 0.1) is 5.92 Å². The van der Waals surface area contributed by atoms with Gasteiger partial charge in [0.15, 0.2) is 0 Å². The molecule has 1 fully saturated rings. The van der Waals surface area contributed by atoms with E-state index in [2.05, 4.69) is 0 Å². The molecular formula is C11H15N3O4S. The first-order chi connectivity index (χ1) is 8.86. The van der Waals surface area contributed by atoms with Gasteiger partial charge in [-0.15, -0.1) is 0 Å². The molecule has 104 valence electrons. The van der Waals surface area contributed by atoms with Gasteiger partial charge in [0.2, 0.25) is 15.9 Å². The maximum absolute atomic E-state index is 12.2. The van der Waals surface area contributed by atoms with E-state index in [0.29, 0.717) is 0 Å². The van der Waals surface area contributed by atoms with Crippen molar-refractivity contribution in [2.24, 2.45) is 11.7 Å². The highest BCUT2D eigenvalue weighted by atomic mass is 32.2. The fourth-order valence-electron chi connectivity index (χ4n) is 1.91. The Hall–Kier alpha value is -1.64. The van der Waals surface area contributed by atoms with Gasteiger partial charge in [-0.25, -0.2) is 8.42 Å². The lowest BCUT2D eigenvalue weighted by molar-refractivity contribution is 0.1000. The Balaban J connectivity index is 2.29. The summed E-state index contributed by atoms with van der Waals surface area (Å²) < 4.78 is 25.7. The van der Waals surface area contributed by atoms with Crippen LogP contribution in [-0.4, -0.2) is 43.4 Å². The Kier molecular flexibility index (Phi) is 3.48. The van der Waals surface area contributed by atoms with Crippen molar-refractivity contribution in [3.05, 3.63) is 23.8 Å². The zero-order chi connectivity index (χ0) is 14.2. The fourth-order valence-corrected chi connectivity index (χ4v) is 3.60. The molecule has 0 radical (unpaired) electrons. The lowest BCUT2D eigenvalue weighted by Gasteiger charge is -2.37. The lowest BCUT2D eigenvalue weighted by atomic mass is 10.1. The minimum Gasteiger partial charge on any atom is -0.398 e. The van der Waals surface area contributed by atoms with Crippen molar-refractivity contribution in [2.75, 3.05) is 25.4 Å². The number of nitrogens with zero attached hydrogens (tertiary/aromatic N) is 1. The number of aliphatic hydroxyl groups is 1. The summed E-state index contributed by atoms with van der Waals surface area (Å²) >= 11 is 0. The largest absolute Gasteiger partial charge is 0.398 e. The van der Waals surface area contributed by atoms with Crippen LogP contribution >= 0.6 is 0 Å².